The van der Waals surface area contributed by atoms with E-state index in [1.54, 1.807) is 0 Å². The summed E-state index contributed by atoms with van der Waals surface area (Å²) in [6, 6.07) is 1.41. The number of carbonyl (C=O) groups excluding carboxylic acids is 1. The second-order valence-electron chi connectivity index (χ2n) is 8.82. The van der Waals surface area contributed by atoms with Crippen LogP contribution in [-0.4, -0.2) is 86.6 Å². The SMILES string of the molecule is NC(=O)c1cc(C2C[C@H](O)C(COP(O)(=S)O[C@H]3CC(n4cnc5c(N)ncnc54)OC3OP(O)(O)=S)O2)[nH]n1. The van der Waals surface area contributed by atoms with Gasteiger partial charge in [0.25, 0.3) is 5.91 Å². The summed E-state index contributed by atoms with van der Waals surface area (Å²) in [6.07, 6.45) is -3.32. The molecule has 0 aromatic carbocycles. The molecule has 3 aromatic rings. The number of anilines is 1. The highest BCUT2D eigenvalue weighted by Crippen LogP contribution is 2.52. The van der Waals surface area contributed by atoms with Crippen LogP contribution in [0.1, 0.15) is 41.4 Å². The predicted octanol–water partition coefficient (Wildman–Crippen LogP) is -0.789. The Bertz CT molecular complexity index is 1500. The molecule has 0 saturated carbocycles. The molecule has 1 amide bonds. The van der Waals surface area contributed by atoms with E-state index >= 15 is 0 Å². The molecule has 5 unspecified atom stereocenters. The van der Waals surface area contributed by atoms with Crippen LogP contribution in [0.3, 0.4) is 0 Å². The molecule has 2 fully saturated rings. The number of fused-ring (bicyclic) bond motifs is 1. The Hall–Kier alpha value is -2.03. The molecule has 22 heteroatoms. The lowest BCUT2D eigenvalue weighted by molar-refractivity contribution is -0.126. The third kappa shape index (κ3) is 6.55. The van der Waals surface area contributed by atoms with Crippen molar-refractivity contribution in [1.82, 2.24) is 29.7 Å². The van der Waals surface area contributed by atoms with Crippen LogP contribution in [0.2, 0.25) is 0 Å². The number of aliphatic hydroxyl groups excluding tert-OH is 1. The molecule has 40 heavy (non-hydrogen) atoms. The number of imidazole rings is 1. The average molecular weight is 639 g/mol. The zero-order valence-electron chi connectivity index (χ0n) is 20.2. The Balaban J connectivity index is 1.25. The van der Waals surface area contributed by atoms with E-state index in [1.807, 2.05) is 0 Å². The fraction of sp³-hybridized carbons (Fsp3) is 0.500. The number of primary amides is 1. The zero-order chi connectivity index (χ0) is 28.8. The summed E-state index contributed by atoms with van der Waals surface area (Å²) < 4.78 is 29.2. The van der Waals surface area contributed by atoms with E-state index in [0.29, 0.717) is 16.9 Å². The molecule has 2 aliphatic heterocycles. The number of aromatic nitrogens is 6. The molecule has 2 aliphatic rings. The molecule has 7 atom stereocenters. The van der Waals surface area contributed by atoms with Crippen molar-refractivity contribution < 1.29 is 47.6 Å². The van der Waals surface area contributed by atoms with Gasteiger partial charge in [0.15, 0.2) is 17.8 Å². The van der Waals surface area contributed by atoms with Gasteiger partial charge in [-0.15, -0.1) is 0 Å². The van der Waals surface area contributed by atoms with Gasteiger partial charge in [-0.05, 0) is 29.7 Å². The minimum Gasteiger partial charge on any atom is -0.390 e. The van der Waals surface area contributed by atoms with Crippen molar-refractivity contribution in [3.05, 3.63) is 30.1 Å². The Labute approximate surface area is 235 Å². The zero-order valence-corrected chi connectivity index (χ0v) is 23.6. The minimum atomic E-state index is -4.23. The van der Waals surface area contributed by atoms with Crippen molar-refractivity contribution in [2.24, 2.45) is 5.73 Å². The van der Waals surface area contributed by atoms with Crippen molar-refractivity contribution in [3.8, 4) is 0 Å². The highest BCUT2D eigenvalue weighted by Gasteiger charge is 2.44. The number of hydrogen-bond donors (Lipinski definition) is 7. The number of nitrogens with one attached hydrogen (secondary N) is 1. The summed E-state index contributed by atoms with van der Waals surface area (Å²) in [5.41, 5.74) is 12.1. The molecule has 5 rings (SSSR count). The summed E-state index contributed by atoms with van der Waals surface area (Å²) in [4.78, 5) is 53.7. The summed E-state index contributed by atoms with van der Waals surface area (Å²) in [7, 11) is 0. The summed E-state index contributed by atoms with van der Waals surface area (Å²) >= 11 is 9.72. The normalized spacial score (nSPS) is 28.7. The summed E-state index contributed by atoms with van der Waals surface area (Å²) in [5, 5.41) is 16.8. The van der Waals surface area contributed by atoms with Crippen LogP contribution < -0.4 is 11.5 Å². The molecule has 18 nitrogen and oxygen atoms in total. The summed E-state index contributed by atoms with van der Waals surface area (Å²) in [5.74, 6) is -0.585. The Morgan fingerprint density at radius 2 is 1.98 bits per heavy atom. The Morgan fingerprint density at radius 1 is 1.20 bits per heavy atom. The third-order valence-corrected chi connectivity index (χ3v) is 8.39. The molecular weight excluding hydrogens is 614 g/mol. The monoisotopic (exact) mass is 638 g/mol. The van der Waals surface area contributed by atoms with Gasteiger partial charge >= 0.3 is 13.4 Å². The number of aromatic amines is 1. The van der Waals surface area contributed by atoms with Crippen LogP contribution in [0.25, 0.3) is 11.2 Å². The number of ether oxygens (including phenoxy) is 2. The van der Waals surface area contributed by atoms with Crippen molar-refractivity contribution in [2.45, 2.75) is 49.8 Å². The van der Waals surface area contributed by atoms with Crippen LogP contribution in [0, 0.1) is 0 Å². The van der Waals surface area contributed by atoms with Gasteiger partial charge in [-0.1, -0.05) is 0 Å². The van der Waals surface area contributed by atoms with Gasteiger partial charge in [0.05, 0.1) is 24.7 Å². The Morgan fingerprint density at radius 3 is 2.67 bits per heavy atom. The van der Waals surface area contributed by atoms with E-state index in [2.05, 4.69) is 37.0 Å². The van der Waals surface area contributed by atoms with Crippen molar-refractivity contribution in [2.75, 3.05) is 12.3 Å². The molecule has 0 radical (unpaired) electrons. The fourth-order valence-corrected chi connectivity index (χ4v) is 6.41. The largest absolute Gasteiger partial charge is 0.390 e. The quantitative estimate of drug-likeness (QED) is 0.134. The number of amides is 1. The number of hydrogen-bond acceptors (Lipinski definition) is 14. The number of nitrogens with two attached hydrogens (primary N) is 2. The summed E-state index contributed by atoms with van der Waals surface area (Å²) in [6.45, 7) is -8.63. The lowest BCUT2D eigenvalue weighted by Gasteiger charge is -2.25. The van der Waals surface area contributed by atoms with E-state index in [9.17, 15) is 24.6 Å². The van der Waals surface area contributed by atoms with Gasteiger partial charge in [-0.3, -0.25) is 23.5 Å². The van der Waals surface area contributed by atoms with E-state index in [4.69, 9.17) is 46.3 Å². The molecule has 3 aromatic heterocycles. The van der Waals surface area contributed by atoms with E-state index < -0.39 is 56.3 Å². The van der Waals surface area contributed by atoms with Crippen LogP contribution in [0.5, 0.6) is 0 Å². The van der Waals surface area contributed by atoms with Crippen LogP contribution in [-0.2, 0) is 46.7 Å². The number of H-pyrrole nitrogens is 1. The molecule has 2 saturated heterocycles. The standard InChI is InChI=1S/C18H24N8O10P2S2/c19-15-14-17(22-5-21-15)26(6-23-14)13-3-11(18(34-13)36-37(29,30)39)35-38(31,40)32-4-12-9(27)2-10(33-12)7-1-8(16(20)28)25-24-7/h1,5-6,9-13,18,27H,2-4H2,(H2,20,28)(H,24,25)(H,31,40)(H2,19,21,22)(H2,29,30,39)/t9-,10?,11-,12?,13?,18?,38?/m0/s1. The molecule has 0 bridgehead atoms. The number of carbonyl (C=O) groups is 1. The molecule has 5 heterocycles. The smallest absolute Gasteiger partial charge is 0.325 e. The van der Waals surface area contributed by atoms with Gasteiger partial charge in [-0.2, -0.15) is 5.10 Å². The lowest BCUT2D eigenvalue weighted by Crippen LogP contribution is -2.28. The van der Waals surface area contributed by atoms with Gasteiger partial charge in [0.2, 0.25) is 0 Å². The second kappa shape index (κ2) is 11.3. The second-order valence-corrected chi connectivity index (χ2v) is 14.2. The number of nitrogen functional groups attached to an aromatic ring is 1. The van der Waals surface area contributed by atoms with E-state index in [1.165, 1.54) is 23.3 Å². The molecule has 218 valence electrons. The fourth-order valence-electron chi connectivity index (χ4n) is 4.26. The number of aliphatic hydroxyl groups is 1. The van der Waals surface area contributed by atoms with Crippen LogP contribution in [0.4, 0.5) is 5.82 Å². The van der Waals surface area contributed by atoms with Crippen molar-refractivity contribution >= 4 is 59.9 Å². The van der Waals surface area contributed by atoms with Gasteiger partial charge in [-0.25, -0.2) is 15.0 Å². The predicted molar refractivity (Wildman–Crippen MR) is 141 cm³/mol. The molecule has 0 aliphatic carbocycles. The van der Waals surface area contributed by atoms with Crippen molar-refractivity contribution in [3.63, 3.8) is 0 Å². The van der Waals surface area contributed by atoms with E-state index in [0.717, 1.165) is 0 Å². The molecule has 9 N–H and O–H groups in total. The topological polar surface area (TPSA) is 268 Å². The maximum absolute atomic E-state index is 11.3. The van der Waals surface area contributed by atoms with Gasteiger partial charge in [0.1, 0.15) is 42.1 Å². The van der Waals surface area contributed by atoms with Gasteiger partial charge in [0, 0.05) is 12.8 Å². The lowest BCUT2D eigenvalue weighted by atomic mass is 10.1. The maximum atomic E-state index is 11.3. The first-order valence-corrected chi connectivity index (χ1v) is 16.7. The minimum absolute atomic E-state index is 0.0109. The number of nitrogens with zero attached hydrogens (tertiary/aromatic N) is 5. The van der Waals surface area contributed by atoms with Crippen molar-refractivity contribution in [1.29, 1.82) is 0 Å². The first kappa shape index (κ1) is 29.5. The Kier molecular flexibility index (Phi) is 8.35. The van der Waals surface area contributed by atoms with E-state index in [-0.39, 0.29) is 31.0 Å². The van der Waals surface area contributed by atoms with Crippen LogP contribution in [0.15, 0.2) is 18.7 Å². The van der Waals surface area contributed by atoms with Crippen LogP contribution >= 0.6 is 13.4 Å². The highest BCUT2D eigenvalue weighted by molar-refractivity contribution is 8.07. The van der Waals surface area contributed by atoms with Gasteiger partial charge < -0.3 is 45.3 Å². The first-order chi connectivity index (χ1) is 18.8. The average Bonchev–Trinajstić information content (AvgIpc) is 3.63. The molecule has 0 spiro atoms. The maximum Gasteiger partial charge on any atom is 0.325 e. The third-order valence-electron chi connectivity index (χ3n) is 6.06. The molecular formula is C18H24N8O10P2S2. The highest BCUT2D eigenvalue weighted by atomic mass is 32.5. The number of rotatable bonds is 10. The first-order valence-electron chi connectivity index (χ1n) is 11.5.